The Balaban J connectivity index is 2.83. The minimum absolute atomic E-state index is 0.835. The Morgan fingerprint density at radius 3 is 2.60 bits per heavy atom. The van der Waals surface area contributed by atoms with Crippen LogP contribution in [0.3, 0.4) is 0 Å². The van der Waals surface area contributed by atoms with Gasteiger partial charge in [0.15, 0.2) is 0 Å². The van der Waals surface area contributed by atoms with Crippen molar-refractivity contribution in [1.82, 2.24) is 5.32 Å². The average Bonchev–Trinajstić information content (AvgIpc) is 1.87. The Morgan fingerprint density at radius 1 is 1.40 bits per heavy atom. The normalized spacial score (nSPS) is 9.80. The van der Waals surface area contributed by atoms with Crippen LogP contribution in [0.5, 0.6) is 0 Å². The van der Waals surface area contributed by atoms with Gasteiger partial charge in [-0.1, -0.05) is 0 Å². The molecule has 0 bridgehead atoms. The summed E-state index contributed by atoms with van der Waals surface area (Å²) >= 11 is 0. The van der Waals surface area contributed by atoms with Gasteiger partial charge in [-0.3, -0.25) is 0 Å². The molecule has 10 heavy (non-hydrogen) atoms. The van der Waals surface area contributed by atoms with Crippen molar-refractivity contribution in [3.63, 3.8) is 0 Å². The summed E-state index contributed by atoms with van der Waals surface area (Å²) in [6.45, 7) is 5.52. The topological polar surface area (TPSA) is 12.0 Å². The molecule has 2 heteroatoms. The first kappa shape index (κ1) is 9.73. The minimum atomic E-state index is 0.835. The van der Waals surface area contributed by atoms with E-state index in [1.807, 2.05) is 0 Å². The summed E-state index contributed by atoms with van der Waals surface area (Å²) in [5, 5.41) is 2.97. The van der Waals surface area contributed by atoms with Crippen LogP contribution in [0, 0.1) is 5.92 Å². The van der Waals surface area contributed by atoms with Crippen molar-refractivity contribution in [3.05, 3.63) is 0 Å². The van der Waals surface area contributed by atoms with Gasteiger partial charge in [0.2, 0.25) is 0 Å². The second-order valence-corrected chi connectivity index (χ2v) is 3.01. The van der Waals surface area contributed by atoms with E-state index in [0.29, 0.717) is 0 Å². The molecule has 0 aromatic heterocycles. The molecule has 0 aromatic carbocycles. The molecule has 1 nitrogen and oxygen atoms in total. The third-order valence-corrected chi connectivity index (χ3v) is 1.47. The molecule has 0 atom stereocenters. The molecule has 0 heterocycles. The number of rotatable bonds is 6. The molecule has 0 amide bonds. The van der Waals surface area contributed by atoms with Crippen molar-refractivity contribution in [1.29, 1.82) is 0 Å². The molecule has 0 spiro atoms. The van der Waals surface area contributed by atoms with Gasteiger partial charge in [0.05, 0.1) is 0 Å². The first-order valence-electron chi connectivity index (χ1n) is 4.04. The van der Waals surface area contributed by atoms with Gasteiger partial charge < -0.3 is 0 Å². The van der Waals surface area contributed by atoms with Gasteiger partial charge in [-0.25, -0.2) is 0 Å². The number of hydrogen-bond donors (Lipinski definition) is 1. The second-order valence-electron chi connectivity index (χ2n) is 3.01. The molecular formula is C8H17BN. The monoisotopic (exact) mass is 138 g/mol. The van der Waals surface area contributed by atoms with Gasteiger partial charge >= 0.3 is 64.5 Å². The number of nitrogens with one attached hydrogen (secondary N) is 1. The summed E-state index contributed by atoms with van der Waals surface area (Å²) in [5.74, 6) is 0.835. The van der Waals surface area contributed by atoms with Gasteiger partial charge in [0, 0.05) is 0 Å². The van der Waals surface area contributed by atoms with E-state index in [0.717, 1.165) is 12.5 Å². The van der Waals surface area contributed by atoms with Crippen LogP contribution in [-0.4, -0.2) is 20.1 Å². The van der Waals surface area contributed by atoms with Crippen molar-refractivity contribution < 1.29 is 0 Å². The fraction of sp³-hybridized carbons (Fsp3) is 0.875. The van der Waals surface area contributed by atoms with Gasteiger partial charge in [0.25, 0.3) is 0 Å². The third kappa shape index (κ3) is 7.73. The molecule has 0 aromatic rings. The van der Waals surface area contributed by atoms with Crippen LogP contribution >= 0.6 is 0 Å². The summed E-state index contributed by atoms with van der Waals surface area (Å²) in [6, 6.07) is 0. The van der Waals surface area contributed by atoms with E-state index in [1.165, 1.54) is 25.4 Å². The Labute approximate surface area is 65.3 Å². The molecule has 1 N–H and O–H groups in total. The van der Waals surface area contributed by atoms with Crippen LogP contribution in [-0.2, 0) is 0 Å². The maximum absolute atomic E-state index is 5.13. The van der Waals surface area contributed by atoms with Crippen LogP contribution in [0.2, 0.25) is 0 Å². The Morgan fingerprint density at radius 2 is 2.10 bits per heavy atom. The Bertz CT molecular complexity index is 81.3. The molecule has 0 rings (SSSR count). The van der Waals surface area contributed by atoms with Crippen LogP contribution in [0.4, 0.5) is 0 Å². The zero-order valence-corrected chi connectivity index (χ0v) is 7.06. The fourth-order valence-electron chi connectivity index (χ4n) is 0.863. The molecule has 57 valence electrons. The van der Waals surface area contributed by atoms with Gasteiger partial charge in [-0.2, -0.15) is 0 Å². The predicted molar refractivity (Wildman–Crippen MR) is 48.5 cm³/mol. The standard InChI is InChI=1S/C8H17BN/c1-8(2)5-3-4-6-10-7-9/h7-8,10H,3-6H2,1-2H3. The van der Waals surface area contributed by atoms with Gasteiger partial charge in [0.1, 0.15) is 0 Å². The second kappa shape index (κ2) is 6.85. The van der Waals surface area contributed by atoms with E-state index >= 15 is 0 Å². The Kier molecular flexibility index (Phi) is 6.67. The van der Waals surface area contributed by atoms with E-state index in [4.69, 9.17) is 7.49 Å². The average molecular weight is 138 g/mol. The summed E-state index contributed by atoms with van der Waals surface area (Å²) in [6.07, 6.45) is 5.37. The van der Waals surface area contributed by atoms with Crippen molar-refractivity contribution >= 4 is 13.6 Å². The molecule has 0 unspecified atom stereocenters. The molecule has 1 radical (unpaired) electrons. The molecule has 0 aliphatic rings. The first-order chi connectivity index (χ1) is 4.77. The molecule has 0 aliphatic carbocycles. The van der Waals surface area contributed by atoms with Gasteiger partial charge in [-0.15, -0.1) is 0 Å². The molecular weight excluding hydrogens is 121 g/mol. The van der Waals surface area contributed by atoms with E-state index in [2.05, 4.69) is 19.2 Å². The number of unbranched alkanes of at least 4 members (excludes halogenated alkanes) is 1. The maximum atomic E-state index is 5.13. The summed E-state index contributed by atoms with van der Waals surface area (Å²) in [4.78, 5) is 0. The zero-order valence-electron chi connectivity index (χ0n) is 7.06. The summed E-state index contributed by atoms with van der Waals surface area (Å²) in [7, 11) is 5.13. The van der Waals surface area contributed by atoms with Crippen LogP contribution in [0.15, 0.2) is 0 Å². The summed E-state index contributed by atoms with van der Waals surface area (Å²) < 4.78 is 0. The summed E-state index contributed by atoms with van der Waals surface area (Å²) in [5.41, 5.74) is 0. The third-order valence-electron chi connectivity index (χ3n) is 1.47. The predicted octanol–water partition coefficient (Wildman–Crippen LogP) is 1.33. The molecule has 0 saturated heterocycles. The van der Waals surface area contributed by atoms with Crippen LogP contribution in [0.25, 0.3) is 0 Å². The van der Waals surface area contributed by atoms with Crippen molar-refractivity contribution in [2.45, 2.75) is 33.1 Å². The Hall–Kier alpha value is -0.265. The van der Waals surface area contributed by atoms with Crippen LogP contribution in [0.1, 0.15) is 33.1 Å². The number of hydrogen-bond acceptors (Lipinski definition) is 1. The van der Waals surface area contributed by atoms with Crippen molar-refractivity contribution in [3.8, 4) is 0 Å². The van der Waals surface area contributed by atoms with E-state index < -0.39 is 0 Å². The molecule has 0 aliphatic heterocycles. The first-order valence-corrected chi connectivity index (χ1v) is 4.04. The zero-order chi connectivity index (χ0) is 7.82. The van der Waals surface area contributed by atoms with E-state index in [1.54, 1.807) is 0 Å². The SMILES string of the molecule is [B]=CNCCCCC(C)C. The van der Waals surface area contributed by atoms with E-state index in [-0.39, 0.29) is 0 Å². The van der Waals surface area contributed by atoms with Crippen molar-refractivity contribution in [2.24, 2.45) is 5.92 Å². The van der Waals surface area contributed by atoms with Gasteiger partial charge in [-0.05, 0) is 0 Å². The van der Waals surface area contributed by atoms with Crippen molar-refractivity contribution in [2.75, 3.05) is 6.54 Å². The van der Waals surface area contributed by atoms with Crippen LogP contribution < -0.4 is 5.32 Å². The molecule has 0 saturated carbocycles. The molecule has 0 fully saturated rings. The fourth-order valence-corrected chi connectivity index (χ4v) is 0.863. The quantitative estimate of drug-likeness (QED) is 0.431. The van der Waals surface area contributed by atoms with E-state index in [9.17, 15) is 0 Å².